The summed E-state index contributed by atoms with van der Waals surface area (Å²) >= 11 is 3.14. The van der Waals surface area contributed by atoms with Crippen LogP contribution in [0.1, 0.15) is 30.6 Å². The van der Waals surface area contributed by atoms with Crippen molar-refractivity contribution < 1.29 is 13.5 Å². The van der Waals surface area contributed by atoms with E-state index in [0.717, 1.165) is 25.7 Å². The number of rotatable bonds is 5. The Hall–Kier alpha value is -0.0800. The highest BCUT2D eigenvalue weighted by molar-refractivity contribution is 7.99. The van der Waals surface area contributed by atoms with Crippen molar-refractivity contribution in [1.29, 1.82) is 0 Å². The molecule has 1 aliphatic rings. The maximum atomic E-state index is 12.2. The molecule has 0 spiro atoms. The van der Waals surface area contributed by atoms with Gasteiger partial charge in [0, 0.05) is 21.5 Å². The second-order valence-electron chi connectivity index (χ2n) is 4.74. The van der Waals surface area contributed by atoms with Gasteiger partial charge in [-0.05, 0) is 38.0 Å². The summed E-state index contributed by atoms with van der Waals surface area (Å²) < 4.78 is 27.2. The molecule has 1 aromatic rings. The Bertz CT molecular complexity index is 504. The molecule has 0 amide bonds. The van der Waals surface area contributed by atoms with Gasteiger partial charge >= 0.3 is 0 Å². The maximum absolute atomic E-state index is 12.2. The third-order valence-corrected chi connectivity index (χ3v) is 7.13. The molecule has 108 valence electrons. The summed E-state index contributed by atoms with van der Waals surface area (Å²) in [5.41, 5.74) is 0. The number of hydrogen-bond donors (Lipinski definition) is 2. The Kier molecular flexibility index (Phi) is 5.30. The molecule has 0 atom stereocenters. The highest BCUT2D eigenvalue weighted by atomic mass is 32.2. The van der Waals surface area contributed by atoms with E-state index in [2.05, 4.69) is 11.0 Å². The third-order valence-electron chi connectivity index (χ3n) is 3.43. The number of nitrogens with one attached hydrogen (secondary N) is 1. The highest BCUT2D eigenvalue weighted by Gasteiger charge is 2.25. The van der Waals surface area contributed by atoms with E-state index < -0.39 is 10.0 Å². The van der Waals surface area contributed by atoms with Crippen molar-refractivity contribution in [3.8, 4) is 0 Å². The van der Waals surface area contributed by atoms with Crippen LogP contribution >= 0.6 is 23.1 Å². The van der Waals surface area contributed by atoms with Gasteiger partial charge in [0.2, 0.25) is 10.0 Å². The Balaban J connectivity index is 1.98. The summed E-state index contributed by atoms with van der Waals surface area (Å²) in [5.74, 6) is 0. The molecule has 0 bridgehead atoms. The van der Waals surface area contributed by atoms with Gasteiger partial charge in [0.1, 0.15) is 0 Å². The Morgan fingerprint density at radius 3 is 2.63 bits per heavy atom. The predicted octanol–water partition coefficient (Wildman–Crippen LogP) is 2.19. The molecule has 0 aromatic carbocycles. The minimum atomic E-state index is -3.43. The molecule has 2 N–H and O–H groups in total. The lowest BCUT2D eigenvalue weighted by Gasteiger charge is -2.27. The zero-order valence-corrected chi connectivity index (χ0v) is 13.3. The van der Waals surface area contributed by atoms with Crippen molar-refractivity contribution in [3.63, 3.8) is 0 Å². The predicted molar refractivity (Wildman–Crippen MR) is 80.1 cm³/mol. The highest BCUT2D eigenvalue weighted by Crippen LogP contribution is 2.28. The van der Waals surface area contributed by atoms with E-state index in [9.17, 15) is 8.42 Å². The number of sulfonamides is 1. The van der Waals surface area contributed by atoms with Crippen LogP contribution in [0, 0.1) is 0 Å². The van der Waals surface area contributed by atoms with Crippen LogP contribution in [0.2, 0.25) is 0 Å². The smallest absolute Gasteiger partial charge is 0.241 e. The van der Waals surface area contributed by atoms with Crippen LogP contribution in [0.4, 0.5) is 0 Å². The first kappa shape index (κ1) is 15.3. The quantitative estimate of drug-likeness (QED) is 0.872. The Labute approximate surface area is 122 Å². The molecule has 1 heterocycles. The van der Waals surface area contributed by atoms with Crippen LogP contribution in [-0.2, 0) is 16.6 Å². The van der Waals surface area contributed by atoms with Crippen LogP contribution in [0.3, 0.4) is 0 Å². The molecule has 1 fully saturated rings. The molecule has 0 aliphatic heterocycles. The molecular formula is C12H19NO3S3. The maximum Gasteiger partial charge on any atom is 0.241 e. The van der Waals surface area contributed by atoms with Crippen molar-refractivity contribution in [1.82, 2.24) is 4.72 Å². The van der Waals surface area contributed by atoms with Crippen LogP contribution in [0.5, 0.6) is 0 Å². The van der Waals surface area contributed by atoms with Gasteiger partial charge in [-0.15, -0.1) is 11.3 Å². The lowest BCUT2D eigenvalue weighted by molar-refractivity contribution is 0.285. The van der Waals surface area contributed by atoms with E-state index in [-0.39, 0.29) is 17.5 Å². The van der Waals surface area contributed by atoms with Crippen LogP contribution in [0.15, 0.2) is 16.3 Å². The van der Waals surface area contributed by atoms with Crippen molar-refractivity contribution in [2.24, 2.45) is 0 Å². The van der Waals surface area contributed by atoms with Crippen LogP contribution in [0.25, 0.3) is 0 Å². The van der Waals surface area contributed by atoms with Gasteiger partial charge in [-0.3, -0.25) is 0 Å². The van der Waals surface area contributed by atoms with Gasteiger partial charge in [-0.2, -0.15) is 11.8 Å². The zero-order valence-electron chi connectivity index (χ0n) is 10.8. The number of hydrogen-bond acceptors (Lipinski definition) is 5. The summed E-state index contributed by atoms with van der Waals surface area (Å²) in [7, 11) is -3.43. The first-order valence-electron chi connectivity index (χ1n) is 6.28. The minimum absolute atomic E-state index is 0.0471. The molecule has 1 aliphatic carbocycles. The van der Waals surface area contributed by atoms with E-state index >= 15 is 0 Å². The van der Waals surface area contributed by atoms with E-state index in [1.807, 2.05) is 11.8 Å². The van der Waals surface area contributed by atoms with Gasteiger partial charge in [0.25, 0.3) is 0 Å². The Morgan fingerprint density at radius 2 is 2.11 bits per heavy atom. The molecule has 0 radical (unpaired) electrons. The van der Waals surface area contributed by atoms with Gasteiger partial charge in [-0.25, -0.2) is 13.1 Å². The average Bonchev–Trinajstić information content (AvgIpc) is 2.89. The molecule has 19 heavy (non-hydrogen) atoms. The van der Waals surface area contributed by atoms with Gasteiger partial charge in [-0.1, -0.05) is 0 Å². The summed E-state index contributed by atoms with van der Waals surface area (Å²) in [6, 6.07) is 1.59. The van der Waals surface area contributed by atoms with Crippen molar-refractivity contribution in [2.75, 3.05) is 6.26 Å². The van der Waals surface area contributed by atoms with Gasteiger partial charge in [0.15, 0.2) is 0 Å². The van der Waals surface area contributed by atoms with Crippen molar-refractivity contribution in [3.05, 3.63) is 16.3 Å². The number of thiophene rings is 1. The van der Waals surface area contributed by atoms with Crippen LogP contribution < -0.4 is 4.72 Å². The fourth-order valence-corrected chi connectivity index (χ4v) is 5.47. The fraction of sp³-hybridized carbons (Fsp3) is 0.667. The van der Waals surface area contributed by atoms with E-state index in [1.165, 1.54) is 11.3 Å². The SMILES string of the molecule is CSC1CCC(NS(=O)(=O)c2csc(CO)c2)CC1. The lowest BCUT2D eigenvalue weighted by Crippen LogP contribution is -2.37. The van der Waals surface area contributed by atoms with E-state index in [4.69, 9.17) is 5.11 Å². The average molecular weight is 321 g/mol. The largest absolute Gasteiger partial charge is 0.391 e. The normalized spacial score (nSPS) is 24.5. The van der Waals surface area contributed by atoms with Gasteiger partial charge < -0.3 is 5.11 Å². The molecule has 2 rings (SSSR count). The van der Waals surface area contributed by atoms with Crippen LogP contribution in [-0.4, -0.2) is 31.1 Å². The lowest BCUT2D eigenvalue weighted by atomic mass is 9.96. The Morgan fingerprint density at radius 1 is 1.42 bits per heavy atom. The second-order valence-corrected chi connectivity index (χ2v) is 8.59. The molecular weight excluding hydrogens is 302 g/mol. The molecule has 0 saturated heterocycles. The number of aliphatic hydroxyl groups excluding tert-OH is 1. The minimum Gasteiger partial charge on any atom is -0.391 e. The summed E-state index contributed by atoms with van der Waals surface area (Å²) in [5, 5.41) is 11.2. The molecule has 1 saturated carbocycles. The molecule has 1 aromatic heterocycles. The van der Waals surface area contributed by atoms with Crippen molar-refractivity contribution in [2.45, 2.75) is 48.5 Å². The molecule has 7 heteroatoms. The number of thioether (sulfide) groups is 1. The van der Waals surface area contributed by atoms with E-state index in [0.29, 0.717) is 10.1 Å². The first-order valence-corrected chi connectivity index (χ1v) is 9.93. The third kappa shape index (κ3) is 3.95. The van der Waals surface area contributed by atoms with Crippen molar-refractivity contribution >= 4 is 33.1 Å². The topological polar surface area (TPSA) is 66.4 Å². The van der Waals surface area contributed by atoms with E-state index in [1.54, 1.807) is 11.4 Å². The summed E-state index contributed by atoms with van der Waals surface area (Å²) in [6.07, 6.45) is 6.06. The summed E-state index contributed by atoms with van der Waals surface area (Å²) in [4.78, 5) is 0.944. The number of aliphatic hydroxyl groups is 1. The fourth-order valence-electron chi connectivity index (χ4n) is 2.29. The second kappa shape index (κ2) is 6.58. The summed E-state index contributed by atoms with van der Waals surface area (Å²) in [6.45, 7) is -0.112. The monoisotopic (exact) mass is 321 g/mol. The zero-order chi connectivity index (χ0) is 13.9. The first-order chi connectivity index (χ1) is 9.05. The molecule has 0 unspecified atom stereocenters. The molecule has 4 nitrogen and oxygen atoms in total. The standard InChI is InChI=1S/C12H19NO3S3/c1-17-10-4-2-9(3-5-10)13-19(15,16)12-6-11(7-14)18-8-12/h6,8-10,13-14H,2-5,7H2,1H3. The van der Waals surface area contributed by atoms with Gasteiger partial charge in [0.05, 0.1) is 11.5 Å².